The molecule has 1 fully saturated rings. The zero-order valence-electron chi connectivity index (χ0n) is 11.0. The Balaban J connectivity index is 1.85. The molecule has 0 bridgehead atoms. The summed E-state index contributed by atoms with van der Waals surface area (Å²) in [6.07, 6.45) is 3.85. The number of hydrogen-bond acceptors (Lipinski definition) is 3. The first kappa shape index (κ1) is 14.8. The monoisotopic (exact) mass is 341 g/mol. The van der Waals surface area contributed by atoms with Crippen LogP contribution in [0.25, 0.3) is 0 Å². The Morgan fingerprint density at radius 1 is 1.37 bits per heavy atom. The van der Waals surface area contributed by atoms with Gasteiger partial charge >= 0.3 is 0 Å². The third-order valence-electron chi connectivity index (χ3n) is 3.43. The van der Waals surface area contributed by atoms with E-state index in [-0.39, 0.29) is 0 Å². The maximum atomic E-state index is 5.77. The highest BCUT2D eigenvalue weighted by Crippen LogP contribution is 2.24. The summed E-state index contributed by atoms with van der Waals surface area (Å²) in [5.74, 6) is 0. The van der Waals surface area contributed by atoms with Gasteiger partial charge in [-0.2, -0.15) is 0 Å². The molecule has 1 aromatic rings. The van der Waals surface area contributed by atoms with Gasteiger partial charge in [-0.15, -0.1) is 0 Å². The van der Waals surface area contributed by atoms with Crippen molar-refractivity contribution in [3.63, 3.8) is 0 Å². The highest BCUT2D eigenvalue weighted by Gasteiger charge is 2.11. The zero-order chi connectivity index (χ0) is 13.7. The van der Waals surface area contributed by atoms with Gasteiger partial charge in [0.15, 0.2) is 0 Å². The molecule has 1 aliphatic heterocycles. The van der Waals surface area contributed by atoms with Gasteiger partial charge in [0.25, 0.3) is 0 Å². The summed E-state index contributed by atoms with van der Waals surface area (Å²) in [7, 11) is 0. The van der Waals surface area contributed by atoms with E-state index in [1.54, 1.807) is 0 Å². The molecule has 0 saturated carbocycles. The minimum absolute atomic E-state index is 0.425. The molecule has 0 aromatic heterocycles. The predicted molar refractivity (Wildman–Crippen MR) is 88.8 cm³/mol. The first-order chi connectivity index (χ1) is 9.18. The molecule has 0 amide bonds. The van der Waals surface area contributed by atoms with Gasteiger partial charge in [-0.3, -0.25) is 0 Å². The molecular weight excluding hydrogens is 322 g/mol. The van der Waals surface area contributed by atoms with Gasteiger partial charge in [0, 0.05) is 22.3 Å². The lowest BCUT2D eigenvalue weighted by atomic mass is 10.1. The van der Waals surface area contributed by atoms with E-state index in [1.165, 1.54) is 32.5 Å². The van der Waals surface area contributed by atoms with Crippen LogP contribution in [0, 0.1) is 0 Å². The Kier molecular flexibility index (Phi) is 5.60. The second-order valence-electron chi connectivity index (χ2n) is 4.86. The van der Waals surface area contributed by atoms with Crippen LogP contribution in [0.1, 0.15) is 24.8 Å². The average molecular weight is 342 g/mol. The summed E-state index contributed by atoms with van der Waals surface area (Å²) in [6.45, 7) is 4.63. The first-order valence-corrected chi connectivity index (χ1v) is 7.93. The van der Waals surface area contributed by atoms with Crippen LogP contribution >= 0.6 is 28.1 Å². The van der Waals surface area contributed by atoms with Crippen molar-refractivity contribution in [2.45, 2.75) is 19.3 Å². The molecule has 5 heteroatoms. The van der Waals surface area contributed by atoms with E-state index in [2.05, 4.69) is 26.1 Å². The normalized spacial score (nSPS) is 15.6. The molecule has 1 saturated heterocycles. The molecular formula is C14H20BrN3S. The smallest absolute Gasteiger partial charge is 0.107 e. The fourth-order valence-electron chi connectivity index (χ4n) is 2.45. The number of thiocarbonyl (C=S) groups is 1. The van der Waals surface area contributed by atoms with Gasteiger partial charge in [-0.25, -0.2) is 0 Å². The number of nitrogens with zero attached hydrogens (tertiary/aromatic N) is 1. The molecule has 0 unspecified atom stereocenters. The summed E-state index contributed by atoms with van der Waals surface area (Å²) in [4.78, 5) is 2.95. The van der Waals surface area contributed by atoms with Crippen molar-refractivity contribution in [1.82, 2.24) is 4.90 Å². The van der Waals surface area contributed by atoms with E-state index < -0.39 is 0 Å². The fourth-order valence-corrected chi connectivity index (χ4v) is 3.38. The summed E-state index contributed by atoms with van der Waals surface area (Å²) < 4.78 is 0.949. The molecule has 0 radical (unpaired) electrons. The topological polar surface area (TPSA) is 41.3 Å². The third-order valence-corrected chi connectivity index (χ3v) is 4.29. The lowest BCUT2D eigenvalue weighted by molar-refractivity contribution is 0.337. The van der Waals surface area contributed by atoms with Crippen molar-refractivity contribution in [1.29, 1.82) is 0 Å². The number of hydrogen-bond donors (Lipinski definition) is 2. The van der Waals surface area contributed by atoms with Gasteiger partial charge in [0.2, 0.25) is 0 Å². The molecule has 1 aliphatic rings. The maximum Gasteiger partial charge on any atom is 0.107 e. The number of nitrogens with one attached hydrogen (secondary N) is 1. The molecule has 2 rings (SSSR count). The molecule has 0 spiro atoms. The van der Waals surface area contributed by atoms with E-state index in [0.29, 0.717) is 4.99 Å². The van der Waals surface area contributed by atoms with Crippen LogP contribution in [0.15, 0.2) is 22.7 Å². The molecule has 1 heterocycles. The van der Waals surface area contributed by atoms with Crippen LogP contribution in [0.2, 0.25) is 0 Å². The third kappa shape index (κ3) is 4.16. The predicted octanol–water partition coefficient (Wildman–Crippen LogP) is 2.98. The Bertz CT molecular complexity index is 444. The standard InChI is InChI=1S/C14H20BrN3S/c15-11-5-3-6-12(13(11)14(16)19)17-7-4-10-18-8-1-2-9-18/h3,5-6,17H,1-2,4,7-10H2,(H2,16,19). The largest absolute Gasteiger partial charge is 0.389 e. The van der Waals surface area contributed by atoms with Crippen molar-refractivity contribution >= 4 is 38.8 Å². The number of halogens is 1. The summed E-state index contributed by atoms with van der Waals surface area (Å²) in [5.41, 5.74) is 7.69. The molecule has 0 atom stereocenters. The Morgan fingerprint density at radius 3 is 2.79 bits per heavy atom. The van der Waals surface area contributed by atoms with Crippen LogP contribution < -0.4 is 11.1 Å². The second-order valence-corrected chi connectivity index (χ2v) is 6.15. The van der Waals surface area contributed by atoms with Crippen molar-refractivity contribution in [3.8, 4) is 0 Å². The lowest BCUT2D eigenvalue weighted by Gasteiger charge is -2.16. The number of likely N-dealkylation sites (tertiary alicyclic amines) is 1. The van der Waals surface area contributed by atoms with E-state index in [9.17, 15) is 0 Å². The number of rotatable bonds is 6. The van der Waals surface area contributed by atoms with E-state index in [4.69, 9.17) is 18.0 Å². The van der Waals surface area contributed by atoms with Gasteiger partial charge < -0.3 is 16.0 Å². The highest BCUT2D eigenvalue weighted by atomic mass is 79.9. The average Bonchev–Trinajstić information content (AvgIpc) is 2.87. The fraction of sp³-hybridized carbons (Fsp3) is 0.500. The van der Waals surface area contributed by atoms with Crippen LogP contribution in [-0.2, 0) is 0 Å². The number of anilines is 1. The van der Waals surface area contributed by atoms with Crippen LogP contribution in [0.3, 0.4) is 0 Å². The van der Waals surface area contributed by atoms with E-state index >= 15 is 0 Å². The van der Waals surface area contributed by atoms with Gasteiger partial charge in [0.1, 0.15) is 4.99 Å². The summed E-state index contributed by atoms with van der Waals surface area (Å²) in [6, 6.07) is 5.98. The zero-order valence-corrected chi connectivity index (χ0v) is 13.4. The molecule has 19 heavy (non-hydrogen) atoms. The highest BCUT2D eigenvalue weighted by molar-refractivity contribution is 9.10. The van der Waals surface area contributed by atoms with Gasteiger partial charge in [-0.05, 0) is 67.0 Å². The van der Waals surface area contributed by atoms with Crippen LogP contribution in [0.5, 0.6) is 0 Å². The minimum Gasteiger partial charge on any atom is -0.389 e. The lowest BCUT2D eigenvalue weighted by Crippen LogP contribution is -2.22. The van der Waals surface area contributed by atoms with E-state index in [0.717, 1.165) is 28.7 Å². The van der Waals surface area contributed by atoms with Crippen molar-refractivity contribution in [3.05, 3.63) is 28.2 Å². The van der Waals surface area contributed by atoms with Crippen LogP contribution in [0.4, 0.5) is 5.69 Å². The molecule has 3 N–H and O–H groups in total. The Hall–Kier alpha value is -0.650. The SMILES string of the molecule is NC(=S)c1c(Br)cccc1NCCCN1CCCC1. The second kappa shape index (κ2) is 7.22. The maximum absolute atomic E-state index is 5.77. The quantitative estimate of drug-likeness (QED) is 0.616. The molecule has 0 aliphatic carbocycles. The van der Waals surface area contributed by atoms with Crippen LogP contribution in [-0.4, -0.2) is 36.1 Å². The Labute approximate surface area is 128 Å². The number of benzene rings is 1. The molecule has 3 nitrogen and oxygen atoms in total. The Morgan fingerprint density at radius 2 is 2.11 bits per heavy atom. The summed E-state index contributed by atoms with van der Waals surface area (Å²) in [5, 5.41) is 3.44. The van der Waals surface area contributed by atoms with Crippen molar-refractivity contribution < 1.29 is 0 Å². The van der Waals surface area contributed by atoms with E-state index in [1.807, 2.05) is 18.2 Å². The number of nitrogens with two attached hydrogens (primary N) is 1. The van der Waals surface area contributed by atoms with Crippen molar-refractivity contribution in [2.75, 3.05) is 31.5 Å². The summed E-state index contributed by atoms with van der Waals surface area (Å²) >= 11 is 8.60. The van der Waals surface area contributed by atoms with Gasteiger partial charge in [0.05, 0.1) is 0 Å². The first-order valence-electron chi connectivity index (χ1n) is 6.73. The van der Waals surface area contributed by atoms with Crippen molar-refractivity contribution in [2.24, 2.45) is 5.73 Å². The minimum atomic E-state index is 0.425. The van der Waals surface area contributed by atoms with Gasteiger partial charge in [-0.1, -0.05) is 18.3 Å². The molecule has 1 aromatic carbocycles. The molecule has 104 valence electrons.